The second-order valence-electron chi connectivity index (χ2n) is 11.0. The fraction of sp³-hybridized carbons (Fsp3) is 0.920. The summed E-state index contributed by atoms with van der Waals surface area (Å²) in [5, 5.41) is 22.5. The highest BCUT2D eigenvalue weighted by Gasteiger charge is 2.62. The highest BCUT2D eigenvalue weighted by atomic mass is 32.2. The van der Waals surface area contributed by atoms with Gasteiger partial charge in [-0.3, -0.25) is 0 Å². The molecular formula is C25H45NO8S. The fourth-order valence-corrected chi connectivity index (χ4v) is 5.80. The number of hydrogen-bond donors (Lipinski definition) is 3. The molecule has 2 heterocycles. The van der Waals surface area contributed by atoms with Gasteiger partial charge in [-0.1, -0.05) is 45.4 Å². The molecule has 0 saturated carbocycles. The minimum atomic E-state index is -1.11. The van der Waals surface area contributed by atoms with E-state index < -0.39 is 53.6 Å². The van der Waals surface area contributed by atoms with Crippen LogP contribution in [0.1, 0.15) is 92.9 Å². The Morgan fingerprint density at radius 3 is 2.37 bits per heavy atom. The minimum absolute atomic E-state index is 0.228. The maximum atomic E-state index is 12.0. The van der Waals surface area contributed by atoms with Crippen molar-refractivity contribution >= 4 is 23.8 Å². The lowest BCUT2D eigenvalue weighted by Gasteiger charge is -2.34. The number of unbranched alkanes of at least 4 members (excludes halogenated alkanes) is 5. The molecule has 9 nitrogen and oxygen atoms in total. The van der Waals surface area contributed by atoms with Gasteiger partial charge in [0, 0.05) is 5.75 Å². The van der Waals surface area contributed by atoms with Crippen molar-refractivity contribution in [1.29, 1.82) is 0 Å². The summed E-state index contributed by atoms with van der Waals surface area (Å²) in [6.45, 7) is 11.0. The van der Waals surface area contributed by atoms with Gasteiger partial charge in [-0.25, -0.2) is 9.59 Å². The molecule has 2 rings (SSSR count). The van der Waals surface area contributed by atoms with Gasteiger partial charge in [-0.05, 0) is 53.2 Å². The molecule has 2 saturated heterocycles. The summed E-state index contributed by atoms with van der Waals surface area (Å²) in [5.74, 6) is -0.909. The zero-order valence-corrected chi connectivity index (χ0v) is 22.9. The summed E-state index contributed by atoms with van der Waals surface area (Å²) in [6, 6.07) is -1.06. The lowest BCUT2D eigenvalue weighted by atomic mass is 9.90. The van der Waals surface area contributed by atoms with Gasteiger partial charge in [-0.2, -0.15) is 11.8 Å². The van der Waals surface area contributed by atoms with Gasteiger partial charge in [0.25, 0.3) is 0 Å². The first-order valence-corrected chi connectivity index (χ1v) is 14.0. The lowest BCUT2D eigenvalue weighted by Crippen LogP contribution is -2.46. The summed E-state index contributed by atoms with van der Waals surface area (Å²) < 4.78 is 23.4. The molecule has 2 aliphatic rings. The average molecular weight is 520 g/mol. The van der Waals surface area contributed by atoms with Crippen LogP contribution in [0.2, 0.25) is 0 Å². The quantitative estimate of drug-likeness (QED) is 0.286. The zero-order valence-electron chi connectivity index (χ0n) is 22.1. The van der Waals surface area contributed by atoms with E-state index in [9.17, 15) is 19.8 Å². The highest BCUT2D eigenvalue weighted by molar-refractivity contribution is 7.99. The van der Waals surface area contributed by atoms with Crippen LogP contribution in [0.25, 0.3) is 0 Å². The van der Waals surface area contributed by atoms with Crippen LogP contribution in [0.15, 0.2) is 0 Å². The predicted molar refractivity (Wildman–Crippen MR) is 134 cm³/mol. The average Bonchev–Trinajstić information content (AvgIpc) is 3.18. The second kappa shape index (κ2) is 12.9. The molecule has 0 aliphatic carbocycles. The van der Waals surface area contributed by atoms with E-state index in [0.29, 0.717) is 11.5 Å². The van der Waals surface area contributed by atoms with Gasteiger partial charge in [0.05, 0.1) is 0 Å². The number of thioether (sulfide) groups is 1. The number of carboxylic acids is 1. The monoisotopic (exact) mass is 519 g/mol. The molecule has 0 spiro atoms. The molecule has 2 aliphatic heterocycles. The molecule has 0 aromatic rings. The minimum Gasteiger partial charge on any atom is -0.480 e. The number of rotatable bonds is 14. The summed E-state index contributed by atoms with van der Waals surface area (Å²) in [5.41, 5.74) is -1.43. The molecule has 1 amide bonds. The van der Waals surface area contributed by atoms with Crippen LogP contribution in [0, 0.1) is 0 Å². The summed E-state index contributed by atoms with van der Waals surface area (Å²) in [7, 11) is 0. The van der Waals surface area contributed by atoms with E-state index in [-0.39, 0.29) is 6.42 Å². The SMILES string of the molecule is CCCCCCCC[C@]1(CSCC[C@H](NC(=O)OC(C)(C)C)C(=O)O)OC(O)[C@@H]2OC(C)(C)O[C@@H]21. The number of hydrogen-bond acceptors (Lipinski definition) is 8. The van der Waals surface area contributed by atoms with Crippen LogP contribution in [-0.2, 0) is 23.7 Å². The van der Waals surface area contributed by atoms with E-state index in [1.807, 2.05) is 13.8 Å². The van der Waals surface area contributed by atoms with Gasteiger partial charge in [0.2, 0.25) is 0 Å². The van der Waals surface area contributed by atoms with Crippen molar-refractivity contribution in [3.8, 4) is 0 Å². The third kappa shape index (κ3) is 9.39. The standard InChI is InChI=1S/C25H45NO8S/c1-7-8-9-10-11-12-14-25(19-18(21(29)33-25)31-24(5,6)32-19)16-35-15-13-17(20(27)28)26-22(30)34-23(2,3)4/h17-19,21,29H,7-16H2,1-6H3,(H,26,30)(H,27,28)/t17-,18+,19-,21?,25+/m0/s1. The molecule has 0 aromatic carbocycles. The van der Waals surface area contributed by atoms with Crippen LogP contribution in [0.4, 0.5) is 4.79 Å². The maximum absolute atomic E-state index is 12.0. The lowest BCUT2D eigenvalue weighted by molar-refractivity contribution is -0.240. The van der Waals surface area contributed by atoms with Crippen molar-refractivity contribution in [2.45, 2.75) is 134 Å². The molecule has 204 valence electrons. The number of carboxylic acid groups (broad SMARTS) is 1. The Bertz CT molecular complexity index is 697. The largest absolute Gasteiger partial charge is 0.480 e. The first-order chi connectivity index (χ1) is 16.3. The molecule has 2 fully saturated rings. The topological polar surface area (TPSA) is 124 Å². The molecule has 0 aromatic heterocycles. The van der Waals surface area contributed by atoms with Crippen molar-refractivity contribution < 1.29 is 38.7 Å². The second-order valence-corrected chi connectivity index (χ2v) is 12.1. The first-order valence-electron chi connectivity index (χ1n) is 12.8. The Morgan fingerprint density at radius 2 is 1.74 bits per heavy atom. The van der Waals surface area contributed by atoms with Crippen LogP contribution >= 0.6 is 11.8 Å². The van der Waals surface area contributed by atoms with Crippen LogP contribution in [-0.4, -0.2) is 75.3 Å². The van der Waals surface area contributed by atoms with E-state index in [1.165, 1.54) is 31.0 Å². The van der Waals surface area contributed by atoms with Crippen LogP contribution < -0.4 is 5.32 Å². The van der Waals surface area contributed by atoms with E-state index in [1.54, 1.807) is 20.8 Å². The highest BCUT2D eigenvalue weighted by Crippen LogP contribution is 2.47. The number of aliphatic hydroxyl groups is 1. The fourth-order valence-electron chi connectivity index (χ4n) is 4.53. The number of carbonyl (C=O) groups excluding carboxylic acids is 1. The third-order valence-electron chi connectivity index (χ3n) is 6.12. The Balaban J connectivity index is 1.95. The van der Waals surface area contributed by atoms with Crippen LogP contribution in [0.5, 0.6) is 0 Å². The van der Waals surface area contributed by atoms with E-state index in [2.05, 4.69) is 12.2 Å². The maximum Gasteiger partial charge on any atom is 0.408 e. The molecule has 1 unspecified atom stereocenters. The molecule has 5 atom stereocenters. The summed E-state index contributed by atoms with van der Waals surface area (Å²) in [4.78, 5) is 23.7. The summed E-state index contributed by atoms with van der Waals surface area (Å²) >= 11 is 1.53. The smallest absolute Gasteiger partial charge is 0.408 e. The molecular weight excluding hydrogens is 474 g/mol. The van der Waals surface area contributed by atoms with Gasteiger partial charge in [-0.15, -0.1) is 0 Å². The number of alkyl carbamates (subject to hydrolysis) is 1. The van der Waals surface area contributed by atoms with Gasteiger partial charge in [0.1, 0.15) is 29.5 Å². The number of carbonyl (C=O) groups is 2. The Hall–Kier alpha value is -1.07. The van der Waals surface area contributed by atoms with Gasteiger partial charge < -0.3 is 34.5 Å². The number of ether oxygens (including phenoxy) is 4. The van der Waals surface area contributed by atoms with E-state index in [4.69, 9.17) is 18.9 Å². The predicted octanol–water partition coefficient (Wildman–Crippen LogP) is 4.45. The van der Waals surface area contributed by atoms with Gasteiger partial charge >= 0.3 is 12.1 Å². The first kappa shape index (κ1) is 30.2. The zero-order chi connectivity index (χ0) is 26.3. The number of amides is 1. The number of aliphatic hydroxyl groups excluding tert-OH is 1. The van der Waals surface area contributed by atoms with Crippen molar-refractivity contribution in [3.63, 3.8) is 0 Å². The van der Waals surface area contributed by atoms with E-state index >= 15 is 0 Å². The van der Waals surface area contributed by atoms with E-state index in [0.717, 1.165) is 25.7 Å². The van der Waals surface area contributed by atoms with Crippen molar-refractivity contribution in [2.75, 3.05) is 11.5 Å². The third-order valence-corrected chi connectivity index (χ3v) is 7.34. The van der Waals surface area contributed by atoms with Gasteiger partial charge in [0.15, 0.2) is 12.1 Å². The van der Waals surface area contributed by atoms with Crippen molar-refractivity contribution in [3.05, 3.63) is 0 Å². The number of fused-ring (bicyclic) bond motifs is 1. The molecule has 3 N–H and O–H groups in total. The van der Waals surface area contributed by atoms with Crippen molar-refractivity contribution in [2.24, 2.45) is 0 Å². The summed E-state index contributed by atoms with van der Waals surface area (Å²) in [6.07, 6.45) is 5.01. The molecule has 0 bridgehead atoms. The number of aliphatic carboxylic acids is 1. The normalized spacial score (nSPS) is 28.5. The Morgan fingerprint density at radius 1 is 1.09 bits per heavy atom. The molecule has 10 heteroatoms. The number of nitrogens with one attached hydrogen (secondary N) is 1. The molecule has 0 radical (unpaired) electrons. The Labute approximate surface area is 214 Å². The molecule has 35 heavy (non-hydrogen) atoms. The van der Waals surface area contributed by atoms with Crippen LogP contribution in [0.3, 0.4) is 0 Å². The Kier molecular flexibility index (Phi) is 11.2. The van der Waals surface area contributed by atoms with Crippen molar-refractivity contribution in [1.82, 2.24) is 5.32 Å².